The molecule has 15 heavy (non-hydrogen) atoms. The third kappa shape index (κ3) is 2.86. The van der Waals surface area contributed by atoms with Gasteiger partial charge in [-0.2, -0.15) is 0 Å². The number of benzene rings is 1. The SMILES string of the molecule is COC(=O)Cc1c(CCl)ccc(Cl)c1C. The Hall–Kier alpha value is -0.730. The Balaban J connectivity index is 3.12. The molecule has 0 atom stereocenters. The first kappa shape index (κ1) is 12.3. The molecule has 0 saturated carbocycles. The van der Waals surface area contributed by atoms with Crippen LogP contribution in [0.4, 0.5) is 0 Å². The van der Waals surface area contributed by atoms with Crippen LogP contribution in [-0.2, 0) is 21.8 Å². The molecular formula is C11H12Cl2O2. The van der Waals surface area contributed by atoms with Crippen molar-refractivity contribution in [3.63, 3.8) is 0 Å². The fourth-order valence-electron chi connectivity index (χ4n) is 1.37. The number of hydrogen-bond donors (Lipinski definition) is 0. The molecule has 1 rings (SSSR count). The van der Waals surface area contributed by atoms with Gasteiger partial charge in [0.2, 0.25) is 0 Å². The molecule has 0 unspecified atom stereocenters. The molecule has 0 aliphatic carbocycles. The summed E-state index contributed by atoms with van der Waals surface area (Å²) in [6.45, 7) is 1.87. The van der Waals surface area contributed by atoms with Crippen LogP contribution in [0, 0.1) is 6.92 Å². The minimum absolute atomic E-state index is 0.213. The van der Waals surface area contributed by atoms with Crippen LogP contribution in [0.25, 0.3) is 0 Å². The lowest BCUT2D eigenvalue weighted by Gasteiger charge is -2.11. The first-order valence-corrected chi connectivity index (χ1v) is 5.41. The summed E-state index contributed by atoms with van der Waals surface area (Å²) in [5.74, 6) is 0.0800. The molecule has 0 saturated heterocycles. The second-order valence-corrected chi connectivity index (χ2v) is 3.87. The van der Waals surface area contributed by atoms with Crippen molar-refractivity contribution in [2.75, 3.05) is 7.11 Å². The maximum absolute atomic E-state index is 11.2. The highest BCUT2D eigenvalue weighted by Crippen LogP contribution is 2.24. The molecule has 0 fully saturated rings. The summed E-state index contributed by atoms with van der Waals surface area (Å²) in [6, 6.07) is 3.62. The molecule has 2 nitrogen and oxygen atoms in total. The minimum atomic E-state index is -0.285. The van der Waals surface area contributed by atoms with Crippen LogP contribution in [0.2, 0.25) is 5.02 Å². The van der Waals surface area contributed by atoms with E-state index in [1.165, 1.54) is 7.11 Å². The van der Waals surface area contributed by atoms with Crippen molar-refractivity contribution in [3.8, 4) is 0 Å². The lowest BCUT2D eigenvalue weighted by Crippen LogP contribution is -2.08. The van der Waals surface area contributed by atoms with Crippen molar-refractivity contribution in [2.24, 2.45) is 0 Å². The zero-order valence-electron chi connectivity index (χ0n) is 8.64. The smallest absolute Gasteiger partial charge is 0.309 e. The Kier molecular flexibility index (Phi) is 4.43. The highest BCUT2D eigenvalue weighted by atomic mass is 35.5. The molecule has 82 valence electrons. The average molecular weight is 247 g/mol. The molecule has 1 aromatic rings. The van der Waals surface area contributed by atoms with Gasteiger partial charge in [-0.25, -0.2) is 0 Å². The Morgan fingerprint density at radius 1 is 1.47 bits per heavy atom. The number of halogens is 2. The molecule has 0 aliphatic rings. The summed E-state index contributed by atoms with van der Waals surface area (Å²) in [5.41, 5.74) is 2.67. The van der Waals surface area contributed by atoms with Crippen molar-refractivity contribution in [1.29, 1.82) is 0 Å². The average Bonchev–Trinajstić information content (AvgIpc) is 2.25. The molecule has 0 radical (unpaired) electrons. The fourth-order valence-corrected chi connectivity index (χ4v) is 1.80. The van der Waals surface area contributed by atoms with Crippen molar-refractivity contribution >= 4 is 29.2 Å². The van der Waals surface area contributed by atoms with E-state index in [1.807, 2.05) is 13.0 Å². The van der Waals surface area contributed by atoms with Gasteiger partial charge in [0.05, 0.1) is 13.5 Å². The quantitative estimate of drug-likeness (QED) is 0.606. The highest BCUT2D eigenvalue weighted by molar-refractivity contribution is 6.31. The van der Waals surface area contributed by atoms with Gasteiger partial charge in [-0.3, -0.25) is 4.79 Å². The summed E-state index contributed by atoms with van der Waals surface area (Å²) in [7, 11) is 1.36. The molecule has 0 bridgehead atoms. The molecule has 0 aromatic heterocycles. The maximum atomic E-state index is 11.2. The Bertz CT molecular complexity index is 375. The summed E-state index contributed by atoms with van der Waals surface area (Å²) in [6.07, 6.45) is 0.213. The molecule has 4 heteroatoms. The van der Waals surface area contributed by atoms with Crippen LogP contribution >= 0.6 is 23.2 Å². The monoisotopic (exact) mass is 246 g/mol. The molecule has 0 amide bonds. The summed E-state index contributed by atoms with van der Waals surface area (Å²) in [5, 5.41) is 0.641. The van der Waals surface area contributed by atoms with Crippen LogP contribution in [0.3, 0.4) is 0 Å². The zero-order chi connectivity index (χ0) is 11.4. The van der Waals surface area contributed by atoms with Crippen LogP contribution in [0.1, 0.15) is 16.7 Å². The predicted molar refractivity (Wildman–Crippen MR) is 61.5 cm³/mol. The standard InChI is InChI=1S/C11H12Cl2O2/c1-7-9(5-11(14)15-2)8(6-12)3-4-10(7)13/h3-4H,5-6H2,1-2H3. The normalized spacial score (nSPS) is 10.1. The molecule has 0 spiro atoms. The van der Waals surface area contributed by atoms with Gasteiger partial charge in [-0.15, -0.1) is 11.6 Å². The number of hydrogen-bond acceptors (Lipinski definition) is 2. The lowest BCUT2D eigenvalue weighted by molar-refractivity contribution is -0.139. The van der Waals surface area contributed by atoms with Crippen molar-refractivity contribution in [3.05, 3.63) is 33.8 Å². The predicted octanol–water partition coefficient (Wildman–Crippen LogP) is 3.10. The highest BCUT2D eigenvalue weighted by Gasteiger charge is 2.12. The lowest BCUT2D eigenvalue weighted by atomic mass is 10.00. The van der Waals surface area contributed by atoms with Crippen LogP contribution in [0.15, 0.2) is 12.1 Å². The van der Waals surface area contributed by atoms with Crippen LogP contribution < -0.4 is 0 Å². The zero-order valence-corrected chi connectivity index (χ0v) is 10.2. The van der Waals surface area contributed by atoms with E-state index in [-0.39, 0.29) is 12.4 Å². The van der Waals surface area contributed by atoms with E-state index in [1.54, 1.807) is 6.07 Å². The number of ether oxygens (including phenoxy) is 1. The summed E-state index contributed by atoms with van der Waals surface area (Å²) < 4.78 is 4.62. The van der Waals surface area contributed by atoms with E-state index >= 15 is 0 Å². The Morgan fingerprint density at radius 3 is 2.67 bits per heavy atom. The number of alkyl halides is 1. The van der Waals surface area contributed by atoms with E-state index in [0.29, 0.717) is 10.9 Å². The minimum Gasteiger partial charge on any atom is -0.469 e. The largest absolute Gasteiger partial charge is 0.469 e. The maximum Gasteiger partial charge on any atom is 0.309 e. The number of esters is 1. The molecular weight excluding hydrogens is 235 g/mol. The van der Waals surface area contributed by atoms with Gasteiger partial charge in [-0.1, -0.05) is 17.7 Å². The molecule has 0 N–H and O–H groups in total. The number of methoxy groups -OCH3 is 1. The first-order chi connectivity index (χ1) is 7.10. The van der Waals surface area contributed by atoms with E-state index in [2.05, 4.69) is 4.74 Å². The van der Waals surface area contributed by atoms with Gasteiger partial charge in [-0.05, 0) is 29.7 Å². The van der Waals surface area contributed by atoms with Crippen LogP contribution in [-0.4, -0.2) is 13.1 Å². The van der Waals surface area contributed by atoms with Crippen LogP contribution in [0.5, 0.6) is 0 Å². The molecule has 1 aromatic carbocycles. The van der Waals surface area contributed by atoms with Gasteiger partial charge in [0, 0.05) is 10.9 Å². The van der Waals surface area contributed by atoms with E-state index in [4.69, 9.17) is 23.2 Å². The Labute approximate surface area is 99.1 Å². The van der Waals surface area contributed by atoms with E-state index in [9.17, 15) is 4.79 Å². The van der Waals surface area contributed by atoms with Crippen molar-refractivity contribution in [2.45, 2.75) is 19.2 Å². The number of carbonyl (C=O) groups excluding carboxylic acids is 1. The first-order valence-electron chi connectivity index (χ1n) is 4.49. The van der Waals surface area contributed by atoms with E-state index < -0.39 is 0 Å². The third-order valence-corrected chi connectivity index (χ3v) is 3.02. The third-order valence-electron chi connectivity index (χ3n) is 2.32. The second kappa shape index (κ2) is 5.38. The topological polar surface area (TPSA) is 26.3 Å². The fraction of sp³-hybridized carbons (Fsp3) is 0.364. The van der Waals surface area contributed by atoms with E-state index in [0.717, 1.165) is 16.7 Å². The van der Waals surface area contributed by atoms with Gasteiger partial charge in [0.25, 0.3) is 0 Å². The number of rotatable bonds is 3. The molecule has 0 aliphatic heterocycles. The van der Waals surface area contributed by atoms with Crippen molar-refractivity contribution < 1.29 is 9.53 Å². The van der Waals surface area contributed by atoms with Gasteiger partial charge >= 0.3 is 5.97 Å². The summed E-state index contributed by atoms with van der Waals surface area (Å²) >= 11 is 11.8. The van der Waals surface area contributed by atoms with Gasteiger partial charge < -0.3 is 4.74 Å². The second-order valence-electron chi connectivity index (χ2n) is 3.20. The summed E-state index contributed by atoms with van der Waals surface area (Å²) in [4.78, 5) is 11.2. The van der Waals surface area contributed by atoms with Gasteiger partial charge in [0.1, 0.15) is 0 Å². The Morgan fingerprint density at radius 2 is 2.13 bits per heavy atom. The van der Waals surface area contributed by atoms with Gasteiger partial charge in [0.15, 0.2) is 0 Å². The molecule has 0 heterocycles. The van der Waals surface area contributed by atoms with Crippen molar-refractivity contribution in [1.82, 2.24) is 0 Å². The number of carbonyl (C=O) groups is 1.